The Bertz CT molecular complexity index is 689. The molecule has 1 aliphatic rings. The van der Waals surface area contributed by atoms with Crippen LogP contribution >= 0.6 is 11.6 Å². The van der Waals surface area contributed by atoms with Crippen LogP contribution in [0.3, 0.4) is 0 Å². The first-order valence-electron chi connectivity index (χ1n) is 6.03. The lowest BCUT2D eigenvalue weighted by atomic mass is 10.1. The first-order chi connectivity index (χ1) is 9.83. The Labute approximate surface area is 126 Å². The molecule has 1 fully saturated rings. The Morgan fingerprint density at radius 2 is 2.10 bits per heavy atom. The number of piperidine rings is 1. The molecule has 0 aliphatic carbocycles. The maximum absolute atomic E-state index is 12.2. The Kier molecular flexibility index (Phi) is 4.50. The number of carbonyl (C=O) groups is 2. The number of ether oxygens (including phenoxy) is 1. The molecule has 0 saturated carbocycles. The molecule has 21 heavy (non-hydrogen) atoms. The highest BCUT2D eigenvalue weighted by molar-refractivity contribution is 7.89. The zero-order valence-corrected chi connectivity index (χ0v) is 12.6. The molecule has 0 aromatic heterocycles. The summed E-state index contributed by atoms with van der Waals surface area (Å²) >= 11 is 5.88. The minimum absolute atomic E-state index is 0.0852. The molecule has 1 aromatic rings. The monoisotopic (exact) mass is 332 g/mol. The third kappa shape index (κ3) is 3.52. The van der Waals surface area contributed by atoms with E-state index in [2.05, 4.69) is 10.0 Å². The number of imide groups is 1. The third-order valence-electron chi connectivity index (χ3n) is 2.97. The predicted octanol–water partition coefficient (Wildman–Crippen LogP) is 0.432. The average Bonchev–Trinajstić information content (AvgIpc) is 2.42. The van der Waals surface area contributed by atoms with Gasteiger partial charge in [0.2, 0.25) is 21.8 Å². The summed E-state index contributed by atoms with van der Waals surface area (Å²) in [6.45, 7) is 0. The van der Waals surface area contributed by atoms with E-state index < -0.39 is 27.9 Å². The Morgan fingerprint density at radius 3 is 2.67 bits per heavy atom. The van der Waals surface area contributed by atoms with Crippen LogP contribution in [0.5, 0.6) is 5.75 Å². The summed E-state index contributed by atoms with van der Waals surface area (Å²) in [5, 5.41) is 2.22. The van der Waals surface area contributed by atoms with Gasteiger partial charge in [0.15, 0.2) is 0 Å². The normalized spacial score (nSPS) is 19.2. The van der Waals surface area contributed by atoms with Gasteiger partial charge in [0.25, 0.3) is 0 Å². The highest BCUT2D eigenvalue weighted by Crippen LogP contribution is 2.27. The van der Waals surface area contributed by atoms with Crippen molar-refractivity contribution in [2.24, 2.45) is 0 Å². The van der Waals surface area contributed by atoms with E-state index in [0.717, 1.165) is 0 Å². The summed E-state index contributed by atoms with van der Waals surface area (Å²) in [6, 6.07) is 2.99. The van der Waals surface area contributed by atoms with Crippen LogP contribution in [-0.4, -0.2) is 33.4 Å². The van der Waals surface area contributed by atoms with Crippen LogP contribution in [0.1, 0.15) is 12.8 Å². The van der Waals surface area contributed by atoms with Crippen molar-refractivity contribution in [1.82, 2.24) is 10.0 Å². The maximum Gasteiger partial charge on any atom is 0.244 e. The summed E-state index contributed by atoms with van der Waals surface area (Å²) in [5.74, 6) is -0.728. The summed E-state index contributed by atoms with van der Waals surface area (Å²) in [6.07, 6.45) is 0.204. The van der Waals surface area contributed by atoms with E-state index in [9.17, 15) is 18.0 Å². The fraction of sp³-hybridized carbons (Fsp3) is 0.333. The molecule has 1 heterocycles. The second-order valence-electron chi connectivity index (χ2n) is 4.42. The van der Waals surface area contributed by atoms with Crippen LogP contribution in [0.25, 0.3) is 0 Å². The molecule has 0 radical (unpaired) electrons. The number of halogens is 1. The molecule has 7 nitrogen and oxygen atoms in total. The van der Waals surface area contributed by atoms with Gasteiger partial charge in [-0.1, -0.05) is 11.6 Å². The molecule has 1 aromatic carbocycles. The van der Waals surface area contributed by atoms with Gasteiger partial charge in [-0.2, -0.15) is 4.72 Å². The zero-order valence-electron chi connectivity index (χ0n) is 11.1. The molecule has 1 saturated heterocycles. The van der Waals surface area contributed by atoms with Crippen molar-refractivity contribution in [2.45, 2.75) is 23.8 Å². The van der Waals surface area contributed by atoms with E-state index in [1.165, 1.54) is 25.3 Å². The van der Waals surface area contributed by atoms with Crippen molar-refractivity contribution in [1.29, 1.82) is 0 Å². The van der Waals surface area contributed by atoms with Gasteiger partial charge in [0, 0.05) is 6.42 Å². The summed E-state index contributed by atoms with van der Waals surface area (Å²) in [5.41, 5.74) is 0. The van der Waals surface area contributed by atoms with E-state index in [0.29, 0.717) is 5.75 Å². The average molecular weight is 333 g/mol. The molecule has 1 unspecified atom stereocenters. The van der Waals surface area contributed by atoms with Crippen LogP contribution in [0.15, 0.2) is 23.1 Å². The van der Waals surface area contributed by atoms with Crippen molar-refractivity contribution in [3.63, 3.8) is 0 Å². The lowest BCUT2D eigenvalue weighted by molar-refractivity contribution is -0.134. The lowest BCUT2D eigenvalue weighted by Gasteiger charge is -2.21. The van der Waals surface area contributed by atoms with Gasteiger partial charge in [0.05, 0.1) is 17.0 Å². The summed E-state index contributed by atoms with van der Waals surface area (Å²) in [7, 11) is -2.51. The second kappa shape index (κ2) is 6.00. The standard InChI is InChI=1S/C12H13ClN2O5S/c1-20-10-4-2-7(6-8(10)13)21(18,19)15-9-3-5-11(16)14-12(9)17/h2,4,6,9,15H,3,5H2,1H3,(H,14,16,17). The molecular weight excluding hydrogens is 320 g/mol. The number of hydrogen-bond donors (Lipinski definition) is 2. The van der Waals surface area contributed by atoms with Crippen LogP contribution in [-0.2, 0) is 19.6 Å². The molecule has 2 rings (SSSR count). The zero-order chi connectivity index (χ0) is 15.6. The molecule has 2 N–H and O–H groups in total. The molecule has 2 amide bonds. The molecule has 1 atom stereocenters. The SMILES string of the molecule is COc1ccc(S(=O)(=O)NC2CCC(=O)NC2=O)cc1Cl. The van der Waals surface area contributed by atoms with E-state index in [-0.39, 0.29) is 22.8 Å². The van der Waals surface area contributed by atoms with Crippen molar-refractivity contribution in [2.75, 3.05) is 7.11 Å². The van der Waals surface area contributed by atoms with Crippen LogP contribution < -0.4 is 14.8 Å². The van der Waals surface area contributed by atoms with Gasteiger partial charge < -0.3 is 4.74 Å². The van der Waals surface area contributed by atoms with E-state index in [1.54, 1.807) is 0 Å². The number of hydrogen-bond acceptors (Lipinski definition) is 5. The molecular formula is C12H13ClN2O5S. The Hall–Kier alpha value is -1.64. The third-order valence-corrected chi connectivity index (χ3v) is 4.73. The fourth-order valence-corrected chi connectivity index (χ4v) is 3.45. The molecule has 114 valence electrons. The van der Waals surface area contributed by atoms with Crippen LogP contribution in [0.2, 0.25) is 5.02 Å². The lowest BCUT2D eigenvalue weighted by Crippen LogP contribution is -2.52. The minimum Gasteiger partial charge on any atom is -0.495 e. The fourth-order valence-electron chi connectivity index (χ4n) is 1.88. The number of methoxy groups -OCH3 is 1. The Morgan fingerprint density at radius 1 is 1.38 bits per heavy atom. The summed E-state index contributed by atoms with van der Waals surface area (Å²) < 4.78 is 31.6. The van der Waals surface area contributed by atoms with Gasteiger partial charge in [-0.3, -0.25) is 14.9 Å². The van der Waals surface area contributed by atoms with Crippen molar-refractivity contribution in [3.05, 3.63) is 23.2 Å². The van der Waals surface area contributed by atoms with Gasteiger partial charge in [-0.15, -0.1) is 0 Å². The van der Waals surface area contributed by atoms with Gasteiger partial charge in [-0.05, 0) is 24.6 Å². The van der Waals surface area contributed by atoms with Gasteiger partial charge in [-0.25, -0.2) is 8.42 Å². The highest BCUT2D eigenvalue weighted by atomic mass is 35.5. The number of carbonyl (C=O) groups excluding carboxylic acids is 2. The van der Waals surface area contributed by atoms with E-state index >= 15 is 0 Å². The molecule has 9 heteroatoms. The number of benzene rings is 1. The molecule has 0 bridgehead atoms. The first-order valence-corrected chi connectivity index (χ1v) is 7.89. The van der Waals surface area contributed by atoms with Crippen molar-refractivity contribution < 1.29 is 22.7 Å². The first kappa shape index (κ1) is 15.7. The molecule has 0 spiro atoms. The van der Waals surface area contributed by atoms with E-state index in [1.807, 2.05) is 0 Å². The number of amides is 2. The number of rotatable bonds is 4. The van der Waals surface area contributed by atoms with Gasteiger partial charge in [0.1, 0.15) is 11.8 Å². The number of sulfonamides is 1. The Balaban J connectivity index is 2.20. The van der Waals surface area contributed by atoms with E-state index in [4.69, 9.17) is 16.3 Å². The van der Waals surface area contributed by atoms with Gasteiger partial charge >= 0.3 is 0 Å². The number of nitrogens with one attached hydrogen (secondary N) is 2. The second-order valence-corrected chi connectivity index (χ2v) is 6.54. The maximum atomic E-state index is 12.2. The topological polar surface area (TPSA) is 102 Å². The van der Waals surface area contributed by atoms with Crippen molar-refractivity contribution in [3.8, 4) is 5.75 Å². The quantitative estimate of drug-likeness (QED) is 0.779. The van der Waals surface area contributed by atoms with Crippen molar-refractivity contribution >= 4 is 33.4 Å². The van der Waals surface area contributed by atoms with Crippen LogP contribution in [0.4, 0.5) is 0 Å². The summed E-state index contributed by atoms with van der Waals surface area (Å²) in [4.78, 5) is 22.5. The molecule has 1 aliphatic heterocycles. The largest absolute Gasteiger partial charge is 0.495 e. The highest BCUT2D eigenvalue weighted by Gasteiger charge is 2.31. The van der Waals surface area contributed by atoms with Crippen LogP contribution in [0, 0.1) is 0 Å². The predicted molar refractivity (Wildman–Crippen MR) is 74.5 cm³/mol. The smallest absolute Gasteiger partial charge is 0.244 e. The minimum atomic E-state index is -3.92.